The van der Waals surface area contributed by atoms with Crippen molar-refractivity contribution in [2.75, 3.05) is 0 Å². The van der Waals surface area contributed by atoms with Gasteiger partial charge in [-0.2, -0.15) is 22.0 Å². The number of hydrogen-bond donors (Lipinski definition) is 1. The van der Waals surface area contributed by atoms with E-state index in [1.165, 1.54) is 0 Å². The quantitative estimate of drug-likeness (QED) is 0.652. The number of hydrogen-bond acceptors (Lipinski definition) is 1. The molecular weight excluding hydrogens is 253 g/mol. The molecule has 0 aromatic heterocycles. The molecule has 0 aliphatic heterocycles. The molecule has 1 aromatic rings. The van der Waals surface area contributed by atoms with Gasteiger partial charge in [0.15, 0.2) is 0 Å². The van der Waals surface area contributed by atoms with Crippen LogP contribution in [0.5, 0.6) is 0 Å². The highest BCUT2D eigenvalue weighted by Gasteiger charge is 2.37. The fourth-order valence-electron chi connectivity index (χ4n) is 1.40. The van der Waals surface area contributed by atoms with E-state index in [0.717, 1.165) is 19.1 Å². The van der Waals surface area contributed by atoms with Crippen LogP contribution in [0.15, 0.2) is 30.4 Å². The Morgan fingerprint density at radius 2 is 1.61 bits per heavy atom. The molecule has 18 heavy (non-hydrogen) atoms. The van der Waals surface area contributed by atoms with Crippen LogP contribution in [0.1, 0.15) is 23.6 Å². The van der Waals surface area contributed by atoms with Gasteiger partial charge in [0.2, 0.25) is 0 Å². The van der Waals surface area contributed by atoms with Crippen LogP contribution >= 0.6 is 0 Å². The van der Waals surface area contributed by atoms with Gasteiger partial charge in [0, 0.05) is 12.1 Å². The van der Waals surface area contributed by atoms with E-state index in [-0.39, 0.29) is 12.1 Å². The van der Waals surface area contributed by atoms with E-state index in [1.54, 1.807) is 0 Å². The number of rotatable bonds is 3. The molecule has 0 radical (unpaired) electrons. The zero-order chi connectivity index (χ0) is 14.1. The van der Waals surface area contributed by atoms with Crippen molar-refractivity contribution >= 4 is 0 Å². The summed E-state index contributed by atoms with van der Waals surface area (Å²) in [6, 6.07) is 2.15. The van der Waals surface area contributed by atoms with Gasteiger partial charge >= 0.3 is 6.18 Å². The van der Waals surface area contributed by atoms with Crippen LogP contribution in [0.4, 0.5) is 22.0 Å². The van der Waals surface area contributed by atoms with Crippen LogP contribution in [0.3, 0.4) is 0 Å². The van der Waals surface area contributed by atoms with Gasteiger partial charge in [-0.05, 0) is 36.3 Å². The van der Waals surface area contributed by atoms with Crippen LogP contribution in [-0.2, 0) is 18.6 Å². The predicted molar refractivity (Wildman–Crippen MR) is 58.0 cm³/mol. The number of benzene rings is 1. The highest BCUT2D eigenvalue weighted by Crippen LogP contribution is 2.38. The molecule has 100 valence electrons. The second-order valence-corrected chi connectivity index (χ2v) is 3.98. The molecule has 1 rings (SSSR count). The van der Waals surface area contributed by atoms with Gasteiger partial charge in [-0.15, -0.1) is 0 Å². The first-order chi connectivity index (χ1) is 8.09. The minimum Gasteiger partial charge on any atom is -0.326 e. The van der Waals surface area contributed by atoms with E-state index >= 15 is 0 Å². The van der Waals surface area contributed by atoms with Crippen LogP contribution in [0.2, 0.25) is 0 Å². The monoisotopic (exact) mass is 265 g/mol. The van der Waals surface area contributed by atoms with E-state index in [0.29, 0.717) is 6.07 Å². The molecule has 0 heterocycles. The summed E-state index contributed by atoms with van der Waals surface area (Å²) in [7, 11) is 0. The molecule has 0 atom stereocenters. The Labute approximate surface area is 101 Å². The topological polar surface area (TPSA) is 26.0 Å². The molecule has 6 heteroatoms. The van der Waals surface area contributed by atoms with Crippen molar-refractivity contribution in [2.24, 2.45) is 5.73 Å². The average Bonchev–Trinajstić information content (AvgIpc) is 2.26. The molecule has 0 unspecified atom stereocenters. The number of alkyl halides is 5. The Morgan fingerprint density at radius 1 is 1.11 bits per heavy atom. The number of nitrogens with two attached hydrogens (primary N) is 1. The van der Waals surface area contributed by atoms with Gasteiger partial charge in [0.25, 0.3) is 5.92 Å². The first-order valence-electron chi connectivity index (χ1n) is 5.04. The van der Waals surface area contributed by atoms with E-state index in [2.05, 4.69) is 6.58 Å². The molecule has 0 aliphatic carbocycles. The molecule has 1 nitrogen and oxygen atoms in total. The molecule has 0 aliphatic rings. The van der Waals surface area contributed by atoms with E-state index < -0.39 is 28.8 Å². The Morgan fingerprint density at radius 3 is 2.00 bits per heavy atom. The molecular formula is C12H12F5N. The molecule has 0 fully saturated rings. The first kappa shape index (κ1) is 14.6. The smallest absolute Gasteiger partial charge is 0.326 e. The van der Waals surface area contributed by atoms with Crippen LogP contribution < -0.4 is 5.73 Å². The molecule has 2 N–H and O–H groups in total. The van der Waals surface area contributed by atoms with Crippen molar-refractivity contribution in [1.29, 1.82) is 0 Å². The van der Waals surface area contributed by atoms with Crippen molar-refractivity contribution in [3.63, 3.8) is 0 Å². The molecule has 0 saturated carbocycles. The SMILES string of the molecule is C=C(C)C(F)(F)c1cc(CN)cc(C(F)(F)F)c1. The summed E-state index contributed by atoms with van der Waals surface area (Å²) in [6.45, 7) is 3.90. The minimum atomic E-state index is -4.69. The summed E-state index contributed by atoms with van der Waals surface area (Å²) in [4.78, 5) is 0. The lowest BCUT2D eigenvalue weighted by atomic mass is 9.97. The third-order valence-corrected chi connectivity index (χ3v) is 2.45. The van der Waals surface area contributed by atoms with E-state index in [1.807, 2.05) is 0 Å². The third-order valence-electron chi connectivity index (χ3n) is 2.45. The number of halogens is 5. The zero-order valence-electron chi connectivity index (χ0n) is 9.61. The maximum absolute atomic E-state index is 13.7. The largest absolute Gasteiger partial charge is 0.416 e. The van der Waals surface area contributed by atoms with Crippen molar-refractivity contribution in [2.45, 2.75) is 25.6 Å². The Kier molecular flexibility index (Phi) is 3.81. The summed E-state index contributed by atoms with van der Waals surface area (Å²) in [5.41, 5.74) is 2.81. The first-order valence-corrected chi connectivity index (χ1v) is 5.04. The highest BCUT2D eigenvalue weighted by atomic mass is 19.4. The second-order valence-electron chi connectivity index (χ2n) is 3.98. The summed E-state index contributed by atoms with van der Waals surface area (Å²) < 4.78 is 65.0. The van der Waals surface area contributed by atoms with E-state index in [4.69, 9.17) is 5.73 Å². The fourth-order valence-corrected chi connectivity index (χ4v) is 1.40. The summed E-state index contributed by atoms with van der Waals surface area (Å²) in [5.74, 6) is -3.51. The van der Waals surface area contributed by atoms with Gasteiger partial charge in [0.1, 0.15) is 0 Å². The van der Waals surface area contributed by atoms with Crippen LogP contribution in [0, 0.1) is 0 Å². The van der Waals surface area contributed by atoms with Crippen molar-refractivity contribution in [3.8, 4) is 0 Å². The van der Waals surface area contributed by atoms with Gasteiger partial charge in [0.05, 0.1) is 5.56 Å². The summed E-state index contributed by atoms with van der Waals surface area (Å²) in [6.07, 6.45) is -4.69. The lowest BCUT2D eigenvalue weighted by molar-refractivity contribution is -0.137. The number of allylic oxidation sites excluding steroid dienone is 1. The Balaban J connectivity index is 3.42. The van der Waals surface area contributed by atoms with Gasteiger partial charge < -0.3 is 5.73 Å². The zero-order valence-corrected chi connectivity index (χ0v) is 9.61. The molecule has 0 saturated heterocycles. The molecule has 0 bridgehead atoms. The standard InChI is InChI=1S/C12H12F5N/c1-7(2)11(13,14)9-3-8(6-18)4-10(5-9)12(15,16)17/h3-5H,1,6,18H2,2H3. The van der Waals surface area contributed by atoms with Crippen molar-refractivity contribution in [3.05, 3.63) is 47.0 Å². The summed E-state index contributed by atoms with van der Waals surface area (Å²) in [5, 5.41) is 0. The normalized spacial score (nSPS) is 12.6. The maximum atomic E-state index is 13.7. The Hall–Kier alpha value is -1.43. The van der Waals surface area contributed by atoms with Gasteiger partial charge in [-0.3, -0.25) is 0 Å². The minimum absolute atomic E-state index is 0.000694. The summed E-state index contributed by atoms with van der Waals surface area (Å²) >= 11 is 0. The van der Waals surface area contributed by atoms with Gasteiger partial charge in [-0.1, -0.05) is 6.58 Å². The second kappa shape index (κ2) is 4.68. The van der Waals surface area contributed by atoms with Crippen LogP contribution in [0.25, 0.3) is 0 Å². The predicted octanol–water partition coefficient (Wildman–Crippen LogP) is 3.83. The van der Waals surface area contributed by atoms with Crippen molar-refractivity contribution in [1.82, 2.24) is 0 Å². The molecule has 1 aromatic carbocycles. The molecule has 0 spiro atoms. The highest BCUT2D eigenvalue weighted by molar-refractivity contribution is 5.37. The van der Waals surface area contributed by atoms with E-state index in [9.17, 15) is 22.0 Å². The average molecular weight is 265 g/mol. The lowest BCUT2D eigenvalue weighted by Gasteiger charge is -2.19. The Bertz CT molecular complexity index is 462. The van der Waals surface area contributed by atoms with Gasteiger partial charge in [-0.25, -0.2) is 0 Å². The fraction of sp³-hybridized carbons (Fsp3) is 0.333. The molecule has 0 amide bonds. The van der Waals surface area contributed by atoms with Crippen molar-refractivity contribution < 1.29 is 22.0 Å². The lowest BCUT2D eigenvalue weighted by Crippen LogP contribution is -2.17. The third kappa shape index (κ3) is 2.87. The van der Waals surface area contributed by atoms with Crippen LogP contribution in [-0.4, -0.2) is 0 Å². The maximum Gasteiger partial charge on any atom is 0.416 e.